The van der Waals surface area contributed by atoms with Crippen LogP contribution in [0.4, 0.5) is 4.39 Å². The Kier molecular flexibility index (Phi) is 5.08. The molecule has 1 aromatic rings. The zero-order chi connectivity index (χ0) is 14.5. The molecule has 0 saturated carbocycles. The van der Waals surface area contributed by atoms with Crippen LogP contribution in [0.2, 0.25) is 0 Å². The Hall–Kier alpha value is -1.47. The van der Waals surface area contributed by atoms with E-state index in [2.05, 4.69) is 26.6 Å². The summed E-state index contributed by atoms with van der Waals surface area (Å²) in [6.45, 7) is 2.73. The van der Waals surface area contributed by atoms with Crippen molar-refractivity contribution < 1.29 is 14.0 Å². The first-order valence-corrected chi connectivity index (χ1v) is 7.09. The maximum Gasteiger partial charge on any atom is 0.251 e. The summed E-state index contributed by atoms with van der Waals surface area (Å²) in [5.41, 5.74) is 0.193. The van der Waals surface area contributed by atoms with E-state index in [1.54, 1.807) is 4.90 Å². The molecule has 0 aliphatic carbocycles. The predicted octanol–water partition coefficient (Wildman–Crippen LogP) is 0.750. The Morgan fingerprint density at radius 2 is 2.05 bits per heavy atom. The fourth-order valence-corrected chi connectivity index (χ4v) is 2.17. The highest BCUT2D eigenvalue weighted by atomic mass is 79.9. The van der Waals surface area contributed by atoms with Crippen molar-refractivity contribution in [1.82, 2.24) is 15.5 Å². The fourth-order valence-electron chi connectivity index (χ4n) is 1.92. The van der Waals surface area contributed by atoms with Crippen molar-refractivity contribution in [2.24, 2.45) is 0 Å². The molecular weight excluding hydrogens is 329 g/mol. The van der Waals surface area contributed by atoms with Gasteiger partial charge in [-0.3, -0.25) is 9.59 Å². The Bertz CT molecular complexity index is 518. The summed E-state index contributed by atoms with van der Waals surface area (Å²) >= 11 is 3.02. The van der Waals surface area contributed by atoms with Crippen molar-refractivity contribution in [3.63, 3.8) is 0 Å². The molecule has 2 N–H and O–H groups in total. The van der Waals surface area contributed by atoms with Gasteiger partial charge in [0.05, 0.1) is 11.0 Å². The molecule has 1 saturated heterocycles. The highest BCUT2D eigenvalue weighted by Gasteiger charge is 2.17. The number of amides is 2. The fraction of sp³-hybridized carbons (Fsp3) is 0.385. The van der Waals surface area contributed by atoms with Gasteiger partial charge < -0.3 is 15.5 Å². The number of nitrogens with zero attached hydrogens (tertiary/aromatic N) is 1. The number of benzene rings is 1. The van der Waals surface area contributed by atoms with E-state index in [0.717, 1.165) is 19.2 Å². The van der Waals surface area contributed by atoms with E-state index in [1.165, 1.54) is 12.1 Å². The molecule has 1 fully saturated rings. The quantitative estimate of drug-likeness (QED) is 0.851. The van der Waals surface area contributed by atoms with E-state index >= 15 is 0 Å². The zero-order valence-electron chi connectivity index (χ0n) is 10.8. The number of piperazine rings is 1. The maximum absolute atomic E-state index is 13.3. The average molecular weight is 344 g/mol. The van der Waals surface area contributed by atoms with Crippen LogP contribution in [0.3, 0.4) is 0 Å². The molecule has 2 rings (SSSR count). The van der Waals surface area contributed by atoms with Crippen LogP contribution >= 0.6 is 15.9 Å². The zero-order valence-corrected chi connectivity index (χ0v) is 12.4. The summed E-state index contributed by atoms with van der Waals surface area (Å²) in [4.78, 5) is 25.4. The Morgan fingerprint density at radius 1 is 1.35 bits per heavy atom. The van der Waals surface area contributed by atoms with E-state index < -0.39 is 11.7 Å². The van der Waals surface area contributed by atoms with Gasteiger partial charge in [0.1, 0.15) is 5.82 Å². The molecule has 20 heavy (non-hydrogen) atoms. The molecule has 1 aliphatic rings. The summed E-state index contributed by atoms with van der Waals surface area (Å²) in [6, 6.07) is 4.09. The van der Waals surface area contributed by atoms with Gasteiger partial charge in [0, 0.05) is 31.7 Å². The van der Waals surface area contributed by atoms with Gasteiger partial charge in [0.15, 0.2) is 0 Å². The van der Waals surface area contributed by atoms with Crippen LogP contribution in [0.15, 0.2) is 22.7 Å². The lowest BCUT2D eigenvalue weighted by Gasteiger charge is -2.27. The van der Waals surface area contributed by atoms with Crippen LogP contribution in [0.1, 0.15) is 10.4 Å². The third kappa shape index (κ3) is 3.77. The molecule has 0 spiro atoms. The van der Waals surface area contributed by atoms with Crippen LogP contribution in [-0.4, -0.2) is 49.4 Å². The Labute approximate surface area is 124 Å². The lowest BCUT2D eigenvalue weighted by Crippen LogP contribution is -2.49. The molecule has 0 bridgehead atoms. The lowest BCUT2D eigenvalue weighted by atomic mass is 10.2. The number of rotatable bonds is 3. The van der Waals surface area contributed by atoms with Crippen molar-refractivity contribution in [1.29, 1.82) is 0 Å². The van der Waals surface area contributed by atoms with E-state index in [9.17, 15) is 14.0 Å². The number of carbonyl (C=O) groups excluding carboxylic acids is 2. The van der Waals surface area contributed by atoms with Gasteiger partial charge in [0.2, 0.25) is 5.91 Å². The minimum atomic E-state index is -0.508. The Morgan fingerprint density at radius 3 is 2.70 bits per heavy atom. The summed E-state index contributed by atoms with van der Waals surface area (Å²) in [6.07, 6.45) is 0. The minimum absolute atomic E-state index is 0.0729. The molecule has 0 radical (unpaired) electrons. The van der Waals surface area contributed by atoms with Crippen molar-refractivity contribution in [2.75, 3.05) is 32.7 Å². The standard InChI is InChI=1S/C13H15BrFN3O2/c14-10-2-1-9(7-11(10)15)13(20)17-8-12(19)18-5-3-16-4-6-18/h1-2,7,16H,3-6,8H2,(H,17,20). The molecule has 5 nitrogen and oxygen atoms in total. The second kappa shape index (κ2) is 6.81. The molecule has 0 aromatic heterocycles. The van der Waals surface area contributed by atoms with Crippen molar-refractivity contribution in [3.05, 3.63) is 34.1 Å². The maximum atomic E-state index is 13.3. The number of nitrogens with one attached hydrogen (secondary N) is 2. The third-order valence-electron chi connectivity index (χ3n) is 3.05. The predicted molar refractivity (Wildman–Crippen MR) is 75.9 cm³/mol. The lowest BCUT2D eigenvalue weighted by molar-refractivity contribution is -0.130. The number of halogens is 2. The second-order valence-corrected chi connectivity index (χ2v) is 5.30. The SMILES string of the molecule is O=C(NCC(=O)N1CCNCC1)c1ccc(Br)c(F)c1. The van der Waals surface area contributed by atoms with Gasteiger partial charge in [-0.05, 0) is 34.1 Å². The molecule has 0 unspecified atom stereocenters. The summed E-state index contributed by atoms with van der Waals surface area (Å²) in [5.74, 6) is -1.09. The van der Waals surface area contributed by atoms with Crippen molar-refractivity contribution in [3.8, 4) is 0 Å². The van der Waals surface area contributed by atoms with Crippen molar-refractivity contribution >= 4 is 27.7 Å². The topological polar surface area (TPSA) is 61.4 Å². The molecule has 2 amide bonds. The molecular formula is C13H15BrFN3O2. The second-order valence-electron chi connectivity index (χ2n) is 4.44. The molecule has 0 atom stereocenters. The van der Waals surface area contributed by atoms with Gasteiger partial charge in [-0.15, -0.1) is 0 Å². The van der Waals surface area contributed by atoms with Crippen LogP contribution in [-0.2, 0) is 4.79 Å². The number of hydrogen-bond acceptors (Lipinski definition) is 3. The van der Waals surface area contributed by atoms with E-state index in [-0.39, 0.29) is 18.0 Å². The summed E-state index contributed by atoms with van der Waals surface area (Å²) in [5, 5.41) is 5.65. The van der Waals surface area contributed by atoms with Crippen molar-refractivity contribution in [2.45, 2.75) is 0 Å². The number of carbonyl (C=O) groups is 2. The monoisotopic (exact) mass is 343 g/mol. The van der Waals surface area contributed by atoms with Crippen LogP contribution in [0.5, 0.6) is 0 Å². The minimum Gasteiger partial charge on any atom is -0.343 e. The van der Waals surface area contributed by atoms with Gasteiger partial charge >= 0.3 is 0 Å². The van der Waals surface area contributed by atoms with Gasteiger partial charge in [-0.2, -0.15) is 0 Å². The molecule has 7 heteroatoms. The van der Waals surface area contributed by atoms with Gasteiger partial charge in [0.25, 0.3) is 5.91 Å². The molecule has 1 aliphatic heterocycles. The Balaban J connectivity index is 1.88. The van der Waals surface area contributed by atoms with E-state index in [0.29, 0.717) is 17.6 Å². The van der Waals surface area contributed by atoms with E-state index in [1.807, 2.05) is 0 Å². The first-order valence-electron chi connectivity index (χ1n) is 6.29. The molecule has 108 valence electrons. The van der Waals surface area contributed by atoms with Gasteiger partial charge in [-0.25, -0.2) is 4.39 Å². The van der Waals surface area contributed by atoms with Crippen LogP contribution < -0.4 is 10.6 Å². The average Bonchev–Trinajstić information content (AvgIpc) is 2.48. The molecule has 1 heterocycles. The largest absolute Gasteiger partial charge is 0.343 e. The first-order chi connectivity index (χ1) is 9.58. The summed E-state index contributed by atoms with van der Waals surface area (Å²) in [7, 11) is 0. The summed E-state index contributed by atoms with van der Waals surface area (Å²) < 4.78 is 13.6. The van der Waals surface area contributed by atoms with Gasteiger partial charge in [-0.1, -0.05) is 0 Å². The normalized spacial score (nSPS) is 15.0. The number of hydrogen-bond donors (Lipinski definition) is 2. The molecule has 1 aromatic carbocycles. The highest BCUT2D eigenvalue weighted by Crippen LogP contribution is 2.16. The van der Waals surface area contributed by atoms with E-state index in [4.69, 9.17) is 0 Å². The third-order valence-corrected chi connectivity index (χ3v) is 3.69. The van der Waals surface area contributed by atoms with Crippen LogP contribution in [0.25, 0.3) is 0 Å². The first kappa shape index (κ1) is 14.9. The van der Waals surface area contributed by atoms with Crippen LogP contribution in [0, 0.1) is 5.82 Å². The highest BCUT2D eigenvalue weighted by molar-refractivity contribution is 9.10. The smallest absolute Gasteiger partial charge is 0.251 e.